The minimum atomic E-state index is -0.334. The molecule has 0 saturated heterocycles. The molecule has 2 aromatic carbocycles. The summed E-state index contributed by atoms with van der Waals surface area (Å²) in [5.74, 6) is -0.390. The molecule has 0 fully saturated rings. The van der Waals surface area contributed by atoms with Gasteiger partial charge >= 0.3 is 0 Å². The van der Waals surface area contributed by atoms with Crippen LogP contribution in [0.15, 0.2) is 40.9 Å². The van der Waals surface area contributed by atoms with Crippen LogP contribution in [0, 0.1) is 0 Å². The smallest absolute Gasteiger partial charge is 0.255 e. The lowest BCUT2D eigenvalue weighted by atomic mass is 10.1. The van der Waals surface area contributed by atoms with Crippen molar-refractivity contribution in [3.8, 4) is 5.75 Å². The molecule has 3 nitrogen and oxygen atoms in total. The van der Waals surface area contributed by atoms with Crippen molar-refractivity contribution >= 4 is 45.0 Å². The SMILES string of the molecule is O=C(NCCc1ccc(Cl)cc1Cl)c1cc(Br)ccc1O. The van der Waals surface area contributed by atoms with Gasteiger partial charge in [-0.2, -0.15) is 0 Å². The molecule has 0 heterocycles. The summed E-state index contributed by atoms with van der Waals surface area (Å²) in [6.07, 6.45) is 0.580. The van der Waals surface area contributed by atoms with Gasteiger partial charge in [0.1, 0.15) is 5.75 Å². The zero-order valence-corrected chi connectivity index (χ0v) is 14.0. The van der Waals surface area contributed by atoms with Gasteiger partial charge in [0.25, 0.3) is 5.91 Å². The largest absolute Gasteiger partial charge is 0.507 e. The van der Waals surface area contributed by atoms with Gasteiger partial charge in [0.15, 0.2) is 0 Å². The fraction of sp³-hybridized carbons (Fsp3) is 0.133. The third-order valence-electron chi connectivity index (χ3n) is 2.90. The average Bonchev–Trinajstić information content (AvgIpc) is 2.43. The van der Waals surface area contributed by atoms with Crippen LogP contribution in [-0.4, -0.2) is 17.6 Å². The number of halogens is 3. The highest BCUT2D eigenvalue weighted by molar-refractivity contribution is 9.10. The van der Waals surface area contributed by atoms with Crippen LogP contribution in [0.5, 0.6) is 5.75 Å². The Kier molecular flexibility index (Phi) is 5.51. The zero-order chi connectivity index (χ0) is 15.4. The maximum absolute atomic E-state index is 12.0. The van der Waals surface area contributed by atoms with E-state index in [4.69, 9.17) is 23.2 Å². The molecule has 0 atom stereocenters. The number of amides is 1. The van der Waals surface area contributed by atoms with Crippen molar-refractivity contribution in [3.63, 3.8) is 0 Å². The lowest BCUT2D eigenvalue weighted by molar-refractivity contribution is 0.0951. The molecular formula is C15H12BrCl2NO2. The van der Waals surface area contributed by atoms with Crippen LogP contribution >= 0.6 is 39.1 Å². The monoisotopic (exact) mass is 387 g/mol. The number of rotatable bonds is 4. The van der Waals surface area contributed by atoms with E-state index >= 15 is 0 Å². The molecule has 0 radical (unpaired) electrons. The second-order valence-electron chi connectivity index (χ2n) is 4.40. The second kappa shape index (κ2) is 7.16. The van der Waals surface area contributed by atoms with Crippen LogP contribution < -0.4 is 5.32 Å². The zero-order valence-electron chi connectivity index (χ0n) is 10.9. The van der Waals surface area contributed by atoms with Gasteiger partial charge in [-0.3, -0.25) is 4.79 Å². The maximum Gasteiger partial charge on any atom is 0.255 e. The minimum absolute atomic E-state index is 0.0553. The molecule has 6 heteroatoms. The number of phenolic OH excluding ortho intramolecular Hbond substituents is 1. The van der Waals surface area contributed by atoms with Crippen molar-refractivity contribution in [1.82, 2.24) is 5.32 Å². The number of benzene rings is 2. The van der Waals surface area contributed by atoms with Crippen molar-refractivity contribution in [3.05, 3.63) is 62.0 Å². The quantitative estimate of drug-likeness (QED) is 0.813. The van der Waals surface area contributed by atoms with Gasteiger partial charge in [-0.1, -0.05) is 45.2 Å². The fourth-order valence-electron chi connectivity index (χ4n) is 1.82. The van der Waals surface area contributed by atoms with Gasteiger partial charge in [0.05, 0.1) is 5.56 Å². The van der Waals surface area contributed by atoms with Crippen LogP contribution in [0.1, 0.15) is 15.9 Å². The van der Waals surface area contributed by atoms with Crippen LogP contribution in [0.4, 0.5) is 0 Å². The lowest BCUT2D eigenvalue weighted by Crippen LogP contribution is -2.25. The Bertz CT molecular complexity index is 677. The first-order valence-electron chi connectivity index (χ1n) is 6.18. The van der Waals surface area contributed by atoms with Crippen molar-refractivity contribution in [2.45, 2.75) is 6.42 Å². The van der Waals surface area contributed by atoms with Crippen molar-refractivity contribution in [2.24, 2.45) is 0 Å². The Morgan fingerprint density at radius 1 is 1.19 bits per heavy atom. The van der Waals surface area contributed by atoms with Crippen LogP contribution in [0.25, 0.3) is 0 Å². The van der Waals surface area contributed by atoms with E-state index in [1.165, 1.54) is 6.07 Å². The molecule has 0 saturated carbocycles. The first-order chi connectivity index (χ1) is 9.97. The highest BCUT2D eigenvalue weighted by atomic mass is 79.9. The van der Waals surface area contributed by atoms with Crippen LogP contribution in [0.2, 0.25) is 10.0 Å². The predicted octanol–water partition coefficient (Wildman–Crippen LogP) is 4.43. The summed E-state index contributed by atoms with van der Waals surface area (Å²) in [5.41, 5.74) is 1.13. The Hall–Kier alpha value is -1.23. The van der Waals surface area contributed by atoms with Gasteiger partial charge in [0, 0.05) is 21.1 Å². The topological polar surface area (TPSA) is 49.3 Å². The third-order valence-corrected chi connectivity index (χ3v) is 3.98. The van der Waals surface area contributed by atoms with Crippen LogP contribution in [0.3, 0.4) is 0 Å². The molecule has 0 aliphatic carbocycles. The summed E-state index contributed by atoms with van der Waals surface area (Å²) in [6, 6.07) is 9.95. The Balaban J connectivity index is 1.97. The van der Waals surface area contributed by atoms with E-state index in [0.717, 1.165) is 10.0 Å². The molecule has 21 heavy (non-hydrogen) atoms. The van der Waals surface area contributed by atoms with Gasteiger partial charge in [0.2, 0.25) is 0 Å². The summed E-state index contributed by atoms with van der Waals surface area (Å²) >= 11 is 15.2. The molecular weight excluding hydrogens is 377 g/mol. The van der Waals surface area contributed by atoms with Gasteiger partial charge in [-0.15, -0.1) is 0 Å². The molecule has 0 aliphatic rings. The summed E-state index contributed by atoms with van der Waals surface area (Å²) in [7, 11) is 0. The van der Waals surface area contributed by atoms with E-state index in [1.54, 1.807) is 24.3 Å². The van der Waals surface area contributed by atoms with Gasteiger partial charge in [-0.25, -0.2) is 0 Å². The Labute approximate surface area is 141 Å². The van der Waals surface area contributed by atoms with Gasteiger partial charge < -0.3 is 10.4 Å². The minimum Gasteiger partial charge on any atom is -0.507 e. The van der Waals surface area contributed by atoms with Crippen molar-refractivity contribution in [2.75, 3.05) is 6.54 Å². The Morgan fingerprint density at radius 3 is 2.67 bits per heavy atom. The summed E-state index contributed by atoms with van der Waals surface area (Å²) in [5, 5.41) is 13.6. The number of phenols is 1. The molecule has 0 bridgehead atoms. The predicted molar refractivity (Wildman–Crippen MR) is 88.3 cm³/mol. The molecule has 1 amide bonds. The Morgan fingerprint density at radius 2 is 1.95 bits per heavy atom. The van der Waals surface area contributed by atoms with Crippen molar-refractivity contribution < 1.29 is 9.90 Å². The number of aromatic hydroxyl groups is 1. The number of carbonyl (C=O) groups excluding carboxylic acids is 1. The van der Waals surface area contributed by atoms with E-state index in [1.807, 2.05) is 6.07 Å². The number of carbonyl (C=O) groups is 1. The highest BCUT2D eigenvalue weighted by Crippen LogP contribution is 2.22. The third kappa shape index (κ3) is 4.37. The van der Waals surface area contributed by atoms with E-state index in [9.17, 15) is 9.90 Å². The fourth-order valence-corrected chi connectivity index (χ4v) is 2.68. The van der Waals surface area contributed by atoms with E-state index in [0.29, 0.717) is 23.0 Å². The number of hydrogen-bond acceptors (Lipinski definition) is 2. The normalized spacial score (nSPS) is 10.4. The first-order valence-corrected chi connectivity index (χ1v) is 7.73. The lowest BCUT2D eigenvalue weighted by Gasteiger charge is -2.08. The van der Waals surface area contributed by atoms with E-state index in [-0.39, 0.29) is 17.2 Å². The van der Waals surface area contributed by atoms with Crippen molar-refractivity contribution in [1.29, 1.82) is 0 Å². The number of hydrogen-bond donors (Lipinski definition) is 2. The summed E-state index contributed by atoms with van der Waals surface area (Å²) in [6.45, 7) is 0.409. The van der Waals surface area contributed by atoms with Gasteiger partial charge in [-0.05, 0) is 42.3 Å². The standard InChI is InChI=1S/C15H12BrCl2NO2/c16-10-2-4-14(20)12(7-10)15(21)19-6-5-9-1-3-11(17)8-13(9)18/h1-4,7-8,20H,5-6H2,(H,19,21). The average molecular weight is 389 g/mol. The molecule has 0 aliphatic heterocycles. The highest BCUT2D eigenvalue weighted by Gasteiger charge is 2.11. The molecule has 0 spiro atoms. The molecule has 2 rings (SSSR count). The summed E-state index contributed by atoms with van der Waals surface area (Å²) in [4.78, 5) is 12.0. The van der Waals surface area contributed by atoms with E-state index in [2.05, 4.69) is 21.2 Å². The molecule has 0 unspecified atom stereocenters. The second-order valence-corrected chi connectivity index (χ2v) is 6.16. The van der Waals surface area contributed by atoms with Crippen LogP contribution in [-0.2, 0) is 6.42 Å². The summed E-state index contributed by atoms with van der Waals surface area (Å²) < 4.78 is 0.728. The molecule has 0 aromatic heterocycles. The first kappa shape index (κ1) is 16.1. The molecule has 2 N–H and O–H groups in total. The number of nitrogens with one attached hydrogen (secondary N) is 1. The maximum atomic E-state index is 12.0. The molecule has 2 aromatic rings. The van der Waals surface area contributed by atoms with E-state index < -0.39 is 0 Å². The molecule has 110 valence electrons.